The molecule has 0 heterocycles. The standard InChI is InChI=1S/C18H21NOP.Li/c1-18(2,3)17(19)14-21(20,15-10-6-4-7-11-15)16-12-8-5-9-13-16;/h4-14,19H,1-3H3;/q-1;+1/b17-14+;. The SMILES string of the molecule is CC(C)(C)/C([NH-])=C\P(=O)(c1ccccc1)c1ccccc1.[Li+]. The molecule has 0 amide bonds. The van der Waals surface area contributed by atoms with Gasteiger partial charge in [-0.1, -0.05) is 81.4 Å². The van der Waals surface area contributed by atoms with Gasteiger partial charge in [-0.05, 0) is 11.2 Å². The maximum atomic E-state index is 13.7. The molecule has 0 saturated heterocycles. The Morgan fingerprint density at radius 3 is 1.59 bits per heavy atom. The van der Waals surface area contributed by atoms with Crippen molar-refractivity contribution in [3.05, 3.63) is 77.9 Å². The summed E-state index contributed by atoms with van der Waals surface area (Å²) in [4.78, 5) is 0. The minimum absolute atomic E-state index is 0. The molecule has 0 aromatic heterocycles. The van der Waals surface area contributed by atoms with E-state index in [1.54, 1.807) is 5.82 Å². The minimum atomic E-state index is -2.93. The Labute approximate surface area is 145 Å². The first-order chi connectivity index (χ1) is 9.84. The first kappa shape index (κ1) is 18.9. The van der Waals surface area contributed by atoms with Crippen LogP contribution in [0.25, 0.3) is 5.73 Å². The summed E-state index contributed by atoms with van der Waals surface area (Å²) in [5, 5.41) is 1.54. The molecule has 0 aliphatic rings. The van der Waals surface area contributed by atoms with Gasteiger partial charge >= 0.3 is 18.9 Å². The third kappa shape index (κ3) is 4.17. The summed E-state index contributed by atoms with van der Waals surface area (Å²) >= 11 is 0. The molecule has 0 aliphatic carbocycles. The van der Waals surface area contributed by atoms with Crippen molar-refractivity contribution in [3.8, 4) is 0 Å². The summed E-state index contributed by atoms with van der Waals surface area (Å²) in [6.07, 6.45) is 0. The third-order valence-corrected chi connectivity index (χ3v) is 6.15. The molecule has 0 bridgehead atoms. The molecule has 2 rings (SSSR count). The molecule has 2 nitrogen and oxygen atoms in total. The van der Waals surface area contributed by atoms with Crippen LogP contribution < -0.4 is 29.5 Å². The second-order valence-corrected chi connectivity index (χ2v) is 8.73. The van der Waals surface area contributed by atoms with Crippen LogP contribution in [0.1, 0.15) is 20.8 Å². The van der Waals surface area contributed by atoms with Crippen LogP contribution in [0.2, 0.25) is 0 Å². The molecular formula is C18H21LiNOP. The molecule has 2 aromatic carbocycles. The normalized spacial score (nSPS) is 12.6. The number of hydrogen-bond donors (Lipinski definition) is 0. The molecule has 2 aromatic rings. The van der Waals surface area contributed by atoms with E-state index in [4.69, 9.17) is 5.73 Å². The number of benzene rings is 2. The molecule has 4 heteroatoms. The fraction of sp³-hybridized carbons (Fsp3) is 0.222. The van der Waals surface area contributed by atoms with Crippen molar-refractivity contribution in [2.24, 2.45) is 5.41 Å². The van der Waals surface area contributed by atoms with Gasteiger partial charge in [0.05, 0.1) is 0 Å². The average Bonchev–Trinajstić information content (AvgIpc) is 2.48. The monoisotopic (exact) mass is 305 g/mol. The van der Waals surface area contributed by atoms with Gasteiger partial charge in [0, 0.05) is 10.6 Å². The predicted molar refractivity (Wildman–Crippen MR) is 91.6 cm³/mol. The number of nitrogens with one attached hydrogen (secondary N) is 1. The Balaban J connectivity index is 0.00000242. The second kappa shape index (κ2) is 7.38. The minimum Gasteiger partial charge on any atom is -0.702 e. The van der Waals surface area contributed by atoms with E-state index in [2.05, 4.69) is 0 Å². The zero-order chi connectivity index (χ0) is 15.5. The van der Waals surface area contributed by atoms with Crippen LogP contribution in [0, 0.1) is 5.41 Å². The van der Waals surface area contributed by atoms with Crippen LogP contribution >= 0.6 is 7.14 Å². The molecule has 0 unspecified atom stereocenters. The summed E-state index contributed by atoms with van der Waals surface area (Å²) < 4.78 is 13.7. The van der Waals surface area contributed by atoms with Crippen molar-refractivity contribution in [3.63, 3.8) is 0 Å². The number of allylic oxidation sites excluding steroid dienone is 1. The maximum absolute atomic E-state index is 13.7. The zero-order valence-electron chi connectivity index (χ0n) is 13.7. The van der Waals surface area contributed by atoms with Crippen LogP contribution in [-0.2, 0) is 4.57 Å². The van der Waals surface area contributed by atoms with Gasteiger partial charge in [-0.3, -0.25) is 0 Å². The van der Waals surface area contributed by atoms with E-state index in [0.717, 1.165) is 10.6 Å². The first-order valence-electron chi connectivity index (χ1n) is 7.00. The van der Waals surface area contributed by atoms with Crippen LogP contribution in [0.3, 0.4) is 0 Å². The predicted octanol–water partition coefficient (Wildman–Crippen LogP) is 1.94. The van der Waals surface area contributed by atoms with E-state index >= 15 is 0 Å². The molecule has 22 heavy (non-hydrogen) atoms. The summed E-state index contributed by atoms with van der Waals surface area (Å²) in [6.45, 7) is 5.89. The first-order valence-corrected chi connectivity index (χ1v) is 8.77. The van der Waals surface area contributed by atoms with Gasteiger partial charge < -0.3 is 10.3 Å². The van der Waals surface area contributed by atoms with Gasteiger partial charge in [0.25, 0.3) is 0 Å². The smallest absolute Gasteiger partial charge is 0.702 e. The van der Waals surface area contributed by atoms with Crippen LogP contribution in [-0.4, -0.2) is 0 Å². The summed E-state index contributed by atoms with van der Waals surface area (Å²) in [6, 6.07) is 18.9. The van der Waals surface area contributed by atoms with Crippen molar-refractivity contribution < 1.29 is 23.4 Å². The topological polar surface area (TPSA) is 40.9 Å². The Bertz CT molecular complexity index is 632. The largest absolute Gasteiger partial charge is 1.00 e. The molecule has 0 fully saturated rings. The molecule has 0 radical (unpaired) electrons. The zero-order valence-corrected chi connectivity index (χ0v) is 14.6. The van der Waals surface area contributed by atoms with Crippen LogP contribution in [0.15, 0.2) is 72.2 Å². The van der Waals surface area contributed by atoms with Crippen molar-refractivity contribution in [1.82, 2.24) is 0 Å². The van der Waals surface area contributed by atoms with Gasteiger partial charge in [0.1, 0.15) is 0 Å². The van der Waals surface area contributed by atoms with Crippen molar-refractivity contribution in [1.29, 1.82) is 0 Å². The summed E-state index contributed by atoms with van der Waals surface area (Å²) in [7, 11) is -2.93. The fourth-order valence-electron chi connectivity index (χ4n) is 1.97. The molecule has 0 aliphatic heterocycles. The average molecular weight is 305 g/mol. The van der Waals surface area contributed by atoms with Gasteiger partial charge in [-0.2, -0.15) is 5.70 Å². The Morgan fingerprint density at radius 1 is 0.909 bits per heavy atom. The van der Waals surface area contributed by atoms with E-state index in [9.17, 15) is 4.57 Å². The molecule has 0 saturated carbocycles. The molecule has 0 atom stereocenters. The quantitative estimate of drug-likeness (QED) is 0.631. The number of rotatable bonds is 3. The molecule has 0 spiro atoms. The van der Waals surface area contributed by atoms with Crippen LogP contribution in [0.5, 0.6) is 0 Å². The summed E-state index contributed by atoms with van der Waals surface area (Å²) in [5.74, 6) is 1.65. The van der Waals surface area contributed by atoms with Gasteiger partial charge in [0.2, 0.25) is 0 Å². The Kier molecular flexibility index (Phi) is 6.33. The van der Waals surface area contributed by atoms with E-state index in [0.29, 0.717) is 5.70 Å². The van der Waals surface area contributed by atoms with E-state index in [1.165, 1.54) is 0 Å². The van der Waals surface area contributed by atoms with Crippen molar-refractivity contribution in [2.75, 3.05) is 0 Å². The van der Waals surface area contributed by atoms with Gasteiger partial charge in [-0.25, -0.2) is 0 Å². The Hall–Kier alpha value is -1.19. The second-order valence-electron chi connectivity index (χ2n) is 6.12. The van der Waals surface area contributed by atoms with Crippen molar-refractivity contribution >= 4 is 17.8 Å². The van der Waals surface area contributed by atoms with Crippen molar-refractivity contribution in [2.45, 2.75) is 20.8 Å². The fourth-order valence-corrected chi connectivity index (χ4v) is 4.55. The molecule has 110 valence electrons. The van der Waals surface area contributed by atoms with Gasteiger partial charge in [0.15, 0.2) is 7.14 Å². The molecular weight excluding hydrogens is 284 g/mol. The van der Waals surface area contributed by atoms with E-state index in [1.807, 2.05) is 81.4 Å². The van der Waals surface area contributed by atoms with E-state index < -0.39 is 7.14 Å². The maximum Gasteiger partial charge on any atom is 1.00 e. The summed E-state index contributed by atoms with van der Waals surface area (Å²) in [5.41, 5.74) is 8.35. The number of hydrogen-bond acceptors (Lipinski definition) is 1. The van der Waals surface area contributed by atoms with Crippen LogP contribution in [0.4, 0.5) is 0 Å². The molecule has 1 N–H and O–H groups in total. The van der Waals surface area contributed by atoms with E-state index in [-0.39, 0.29) is 24.3 Å². The third-order valence-electron chi connectivity index (χ3n) is 3.40. The van der Waals surface area contributed by atoms with Gasteiger partial charge in [-0.15, -0.1) is 0 Å². The Morgan fingerprint density at radius 2 is 1.27 bits per heavy atom.